The number of rotatable bonds is 1. The average Bonchev–Trinajstić information content (AvgIpc) is 2.20. The van der Waals surface area contributed by atoms with Crippen molar-refractivity contribution in [1.29, 1.82) is 0 Å². The van der Waals surface area contributed by atoms with E-state index in [0.29, 0.717) is 5.02 Å². The lowest BCUT2D eigenvalue weighted by Crippen LogP contribution is -2.37. The zero-order valence-corrected chi connectivity index (χ0v) is 7.87. The molecule has 2 rings (SSSR count). The lowest BCUT2D eigenvalue weighted by Gasteiger charge is -2.26. The summed E-state index contributed by atoms with van der Waals surface area (Å²) in [5, 5.41) is 0.567. The predicted octanol–water partition coefficient (Wildman–Crippen LogP) is 0.967. The molecule has 0 unspecified atom stereocenters. The molecule has 4 nitrogen and oxygen atoms in total. The maximum Gasteiger partial charge on any atom is 0.225 e. The van der Waals surface area contributed by atoms with Crippen LogP contribution in [0.2, 0.25) is 5.02 Å². The molecule has 0 aromatic carbocycles. The second-order valence-corrected chi connectivity index (χ2v) is 3.24. The second kappa shape index (κ2) is 3.89. The Hall–Kier alpha value is -0.870. The molecule has 1 aromatic rings. The van der Waals surface area contributed by atoms with Gasteiger partial charge in [0, 0.05) is 13.1 Å². The van der Waals surface area contributed by atoms with E-state index in [2.05, 4.69) is 14.9 Å². The molecule has 0 saturated carbocycles. The smallest absolute Gasteiger partial charge is 0.225 e. The highest BCUT2D eigenvalue weighted by Gasteiger charge is 2.12. The molecule has 0 atom stereocenters. The molecule has 1 saturated heterocycles. The van der Waals surface area contributed by atoms with Crippen LogP contribution in [0, 0.1) is 0 Å². The van der Waals surface area contributed by atoms with E-state index >= 15 is 0 Å². The minimum Gasteiger partial charge on any atom is -0.378 e. The number of hydrogen-bond donors (Lipinski definition) is 0. The highest BCUT2D eigenvalue weighted by Crippen LogP contribution is 2.11. The summed E-state index contributed by atoms with van der Waals surface area (Å²) in [4.78, 5) is 10.3. The number of nitrogens with zero attached hydrogens (tertiary/aromatic N) is 3. The first kappa shape index (κ1) is 8.72. The van der Waals surface area contributed by atoms with Crippen LogP contribution in [0.3, 0.4) is 0 Å². The van der Waals surface area contributed by atoms with E-state index in [1.54, 1.807) is 12.4 Å². The van der Waals surface area contributed by atoms with Crippen molar-refractivity contribution in [2.24, 2.45) is 0 Å². The molecular weight excluding hydrogens is 190 g/mol. The van der Waals surface area contributed by atoms with Gasteiger partial charge in [-0.1, -0.05) is 11.6 Å². The molecule has 0 bridgehead atoms. The molecule has 70 valence electrons. The summed E-state index contributed by atoms with van der Waals surface area (Å²) in [5.41, 5.74) is 0. The van der Waals surface area contributed by atoms with Gasteiger partial charge in [0.1, 0.15) is 0 Å². The van der Waals surface area contributed by atoms with E-state index in [1.807, 2.05) is 0 Å². The van der Waals surface area contributed by atoms with Gasteiger partial charge >= 0.3 is 0 Å². The van der Waals surface area contributed by atoms with Gasteiger partial charge in [0.25, 0.3) is 0 Å². The van der Waals surface area contributed by atoms with Gasteiger partial charge in [-0.3, -0.25) is 0 Å². The molecule has 1 aliphatic heterocycles. The van der Waals surface area contributed by atoms with Gasteiger partial charge in [-0.05, 0) is 0 Å². The normalized spacial score (nSPS) is 17.5. The maximum atomic E-state index is 5.68. The topological polar surface area (TPSA) is 38.2 Å². The van der Waals surface area contributed by atoms with E-state index in [1.165, 1.54) is 0 Å². The van der Waals surface area contributed by atoms with Gasteiger partial charge in [-0.15, -0.1) is 0 Å². The minimum absolute atomic E-state index is 0.567. The third-order valence-corrected chi connectivity index (χ3v) is 2.10. The van der Waals surface area contributed by atoms with E-state index in [9.17, 15) is 0 Å². The largest absolute Gasteiger partial charge is 0.378 e. The molecule has 0 radical (unpaired) electrons. The van der Waals surface area contributed by atoms with Crippen LogP contribution >= 0.6 is 11.6 Å². The Morgan fingerprint density at radius 3 is 2.46 bits per heavy atom. The fraction of sp³-hybridized carbons (Fsp3) is 0.500. The molecule has 1 fully saturated rings. The summed E-state index contributed by atoms with van der Waals surface area (Å²) >= 11 is 5.68. The van der Waals surface area contributed by atoms with Crippen molar-refractivity contribution >= 4 is 17.5 Å². The molecule has 0 N–H and O–H groups in total. The highest BCUT2D eigenvalue weighted by atomic mass is 35.5. The van der Waals surface area contributed by atoms with Gasteiger partial charge in [-0.2, -0.15) is 0 Å². The number of hydrogen-bond acceptors (Lipinski definition) is 4. The van der Waals surface area contributed by atoms with Crippen LogP contribution in [0.15, 0.2) is 12.4 Å². The quantitative estimate of drug-likeness (QED) is 0.676. The molecule has 1 aliphatic rings. The van der Waals surface area contributed by atoms with Crippen molar-refractivity contribution in [2.45, 2.75) is 0 Å². The molecule has 13 heavy (non-hydrogen) atoms. The third kappa shape index (κ3) is 2.08. The van der Waals surface area contributed by atoms with Crippen LogP contribution in [0.4, 0.5) is 5.95 Å². The zero-order valence-electron chi connectivity index (χ0n) is 7.11. The van der Waals surface area contributed by atoms with Crippen molar-refractivity contribution < 1.29 is 4.74 Å². The maximum absolute atomic E-state index is 5.68. The number of anilines is 1. The highest BCUT2D eigenvalue weighted by molar-refractivity contribution is 6.30. The van der Waals surface area contributed by atoms with E-state index in [0.717, 1.165) is 32.3 Å². The van der Waals surface area contributed by atoms with Crippen LogP contribution in [-0.2, 0) is 4.74 Å². The van der Waals surface area contributed by atoms with E-state index in [-0.39, 0.29) is 0 Å². The lowest BCUT2D eigenvalue weighted by atomic mass is 10.4. The third-order valence-electron chi connectivity index (χ3n) is 1.90. The summed E-state index contributed by atoms with van der Waals surface area (Å²) in [5.74, 6) is 0.729. The van der Waals surface area contributed by atoms with Gasteiger partial charge < -0.3 is 9.64 Å². The minimum atomic E-state index is 0.567. The van der Waals surface area contributed by atoms with Gasteiger partial charge in [0.05, 0.1) is 30.6 Å². The Labute approximate surface area is 81.5 Å². The molecule has 5 heteroatoms. The summed E-state index contributed by atoms with van der Waals surface area (Å²) in [6, 6.07) is 0. The molecule has 1 aromatic heterocycles. The van der Waals surface area contributed by atoms with Crippen LogP contribution in [0.25, 0.3) is 0 Å². The Morgan fingerprint density at radius 1 is 1.23 bits per heavy atom. The standard InChI is InChI=1S/C8H10ClN3O/c9-7-5-10-8(11-6-7)12-1-3-13-4-2-12/h5-6H,1-4H2. The fourth-order valence-corrected chi connectivity index (χ4v) is 1.33. The van der Waals surface area contributed by atoms with Crippen molar-refractivity contribution in [3.63, 3.8) is 0 Å². The number of halogens is 1. The van der Waals surface area contributed by atoms with Gasteiger partial charge in [-0.25, -0.2) is 9.97 Å². The summed E-state index contributed by atoms with van der Waals surface area (Å²) in [6.07, 6.45) is 3.22. The van der Waals surface area contributed by atoms with Crippen LogP contribution < -0.4 is 4.90 Å². The Kier molecular flexibility index (Phi) is 2.61. The summed E-state index contributed by atoms with van der Waals surface area (Å²) in [6.45, 7) is 3.18. The molecule has 0 amide bonds. The average molecular weight is 200 g/mol. The fourth-order valence-electron chi connectivity index (χ4n) is 1.23. The number of ether oxygens (including phenoxy) is 1. The predicted molar refractivity (Wildman–Crippen MR) is 50.1 cm³/mol. The monoisotopic (exact) mass is 199 g/mol. The molecular formula is C8H10ClN3O. The van der Waals surface area contributed by atoms with Gasteiger partial charge in [0.15, 0.2) is 0 Å². The number of morpholine rings is 1. The summed E-state index contributed by atoms with van der Waals surface area (Å²) in [7, 11) is 0. The molecule has 0 aliphatic carbocycles. The Bertz CT molecular complexity index is 271. The first-order chi connectivity index (χ1) is 6.36. The lowest BCUT2D eigenvalue weighted by molar-refractivity contribution is 0.122. The summed E-state index contributed by atoms with van der Waals surface area (Å²) < 4.78 is 5.22. The van der Waals surface area contributed by atoms with Gasteiger partial charge in [0.2, 0.25) is 5.95 Å². The van der Waals surface area contributed by atoms with E-state index in [4.69, 9.17) is 16.3 Å². The van der Waals surface area contributed by atoms with E-state index < -0.39 is 0 Å². The van der Waals surface area contributed by atoms with Crippen molar-refractivity contribution in [3.05, 3.63) is 17.4 Å². The van der Waals surface area contributed by atoms with Crippen molar-refractivity contribution in [1.82, 2.24) is 9.97 Å². The SMILES string of the molecule is Clc1cnc(N2CCOCC2)nc1. The van der Waals surface area contributed by atoms with Crippen LogP contribution in [-0.4, -0.2) is 36.3 Å². The first-order valence-corrected chi connectivity index (χ1v) is 4.54. The Morgan fingerprint density at radius 2 is 1.85 bits per heavy atom. The molecule has 0 spiro atoms. The van der Waals surface area contributed by atoms with Crippen molar-refractivity contribution in [2.75, 3.05) is 31.2 Å². The van der Waals surface area contributed by atoms with Crippen LogP contribution in [0.5, 0.6) is 0 Å². The second-order valence-electron chi connectivity index (χ2n) is 2.80. The Balaban J connectivity index is 2.10. The molecule has 2 heterocycles. The van der Waals surface area contributed by atoms with Crippen LogP contribution in [0.1, 0.15) is 0 Å². The van der Waals surface area contributed by atoms with Crippen molar-refractivity contribution in [3.8, 4) is 0 Å². The first-order valence-electron chi connectivity index (χ1n) is 4.16. The number of aromatic nitrogens is 2. The zero-order chi connectivity index (χ0) is 9.10.